The fraction of sp³-hybridized carbons (Fsp3) is 0.600. The minimum absolute atomic E-state index is 0.223. The predicted molar refractivity (Wildman–Crippen MR) is 35.2 cm³/mol. The van der Waals surface area contributed by atoms with Gasteiger partial charge in [0.25, 0.3) is 0 Å². The molecule has 0 rings (SSSR count). The average molecular weight is 162 g/mol. The van der Waals surface area contributed by atoms with E-state index in [0.29, 0.717) is 0 Å². The zero-order valence-corrected chi connectivity index (χ0v) is 5.91. The van der Waals surface area contributed by atoms with Gasteiger partial charge in [0.15, 0.2) is 6.61 Å². The van der Waals surface area contributed by atoms with Gasteiger partial charge in [0.2, 0.25) is 0 Å². The predicted octanol–water partition coefficient (Wildman–Crippen LogP) is -2.05. The fourth-order valence-electron chi connectivity index (χ4n) is 0.333. The van der Waals surface area contributed by atoms with E-state index in [1.54, 1.807) is 0 Å². The van der Waals surface area contributed by atoms with Crippen LogP contribution in [0.5, 0.6) is 0 Å². The lowest BCUT2D eigenvalue weighted by Crippen LogP contribution is -2.23. The molecule has 4 N–H and O–H groups in total. The van der Waals surface area contributed by atoms with Gasteiger partial charge in [-0.15, -0.1) is 0 Å². The highest BCUT2D eigenvalue weighted by molar-refractivity contribution is 5.77. The zero-order valence-electron chi connectivity index (χ0n) is 5.91. The molecule has 0 aliphatic rings. The van der Waals surface area contributed by atoms with Crippen LogP contribution in [0.15, 0.2) is 0 Å². The second-order valence-electron chi connectivity index (χ2n) is 1.55. The highest BCUT2D eigenvalue weighted by atomic mass is 16.6. The van der Waals surface area contributed by atoms with Crippen molar-refractivity contribution in [1.82, 2.24) is 0 Å². The molecule has 0 heterocycles. The normalized spacial score (nSPS) is 8.91. The second kappa shape index (κ2) is 5.63. The standard InChI is InChI=1S/C5H10N2O4/c6-1-4(8)10-2-5(9)11-3-7/h1-3,6-7H2. The summed E-state index contributed by atoms with van der Waals surface area (Å²) in [6.45, 7) is -0.915. The van der Waals surface area contributed by atoms with E-state index in [2.05, 4.69) is 9.47 Å². The first-order chi connectivity index (χ1) is 5.20. The molecular formula is C5H10N2O4. The van der Waals surface area contributed by atoms with E-state index < -0.39 is 18.5 Å². The molecule has 0 bridgehead atoms. The lowest BCUT2D eigenvalue weighted by Gasteiger charge is -2.01. The summed E-state index contributed by atoms with van der Waals surface area (Å²) in [6.07, 6.45) is 0. The van der Waals surface area contributed by atoms with Crippen molar-refractivity contribution in [2.75, 3.05) is 19.9 Å². The largest absolute Gasteiger partial charge is 0.453 e. The summed E-state index contributed by atoms with van der Waals surface area (Å²) in [5, 5.41) is 0. The van der Waals surface area contributed by atoms with Gasteiger partial charge in [-0.2, -0.15) is 0 Å². The fourth-order valence-corrected chi connectivity index (χ4v) is 0.333. The molecule has 6 nitrogen and oxygen atoms in total. The lowest BCUT2D eigenvalue weighted by molar-refractivity contribution is -0.157. The molecule has 0 atom stereocenters. The highest BCUT2D eigenvalue weighted by Crippen LogP contribution is 1.79. The van der Waals surface area contributed by atoms with Crippen LogP contribution in [0.3, 0.4) is 0 Å². The Bertz CT molecular complexity index is 147. The van der Waals surface area contributed by atoms with Crippen LogP contribution in [-0.4, -0.2) is 31.8 Å². The van der Waals surface area contributed by atoms with E-state index in [9.17, 15) is 9.59 Å². The Morgan fingerprint density at radius 3 is 2.18 bits per heavy atom. The quantitative estimate of drug-likeness (QED) is 0.364. The summed E-state index contributed by atoms with van der Waals surface area (Å²) in [5.74, 6) is -1.34. The van der Waals surface area contributed by atoms with Crippen molar-refractivity contribution in [3.8, 4) is 0 Å². The molecule has 0 radical (unpaired) electrons. The summed E-state index contributed by atoms with van der Waals surface area (Å²) in [4.78, 5) is 20.8. The topological polar surface area (TPSA) is 105 Å². The van der Waals surface area contributed by atoms with Crippen LogP contribution in [0.25, 0.3) is 0 Å². The number of hydrogen-bond acceptors (Lipinski definition) is 6. The van der Waals surface area contributed by atoms with Crippen LogP contribution in [0.2, 0.25) is 0 Å². The summed E-state index contributed by atoms with van der Waals surface area (Å²) in [7, 11) is 0. The third kappa shape index (κ3) is 5.31. The number of carbonyl (C=O) groups is 2. The van der Waals surface area contributed by atoms with Crippen LogP contribution in [0.4, 0.5) is 0 Å². The van der Waals surface area contributed by atoms with Crippen LogP contribution >= 0.6 is 0 Å². The summed E-state index contributed by atoms with van der Waals surface area (Å²) in [6, 6.07) is 0. The Morgan fingerprint density at radius 2 is 1.73 bits per heavy atom. The van der Waals surface area contributed by atoms with Gasteiger partial charge < -0.3 is 15.2 Å². The van der Waals surface area contributed by atoms with E-state index >= 15 is 0 Å². The molecule has 0 aliphatic heterocycles. The first kappa shape index (κ1) is 9.86. The van der Waals surface area contributed by atoms with Crippen molar-refractivity contribution in [2.45, 2.75) is 0 Å². The van der Waals surface area contributed by atoms with Gasteiger partial charge in [-0.3, -0.25) is 10.5 Å². The van der Waals surface area contributed by atoms with Crippen molar-refractivity contribution < 1.29 is 19.1 Å². The molecule has 0 saturated heterocycles. The first-order valence-electron chi connectivity index (χ1n) is 2.92. The molecule has 64 valence electrons. The molecule has 0 aromatic heterocycles. The molecule has 6 heteroatoms. The van der Waals surface area contributed by atoms with Gasteiger partial charge in [0.05, 0.1) is 6.54 Å². The number of ether oxygens (including phenoxy) is 2. The van der Waals surface area contributed by atoms with Crippen molar-refractivity contribution in [3.63, 3.8) is 0 Å². The SMILES string of the molecule is NCOC(=O)COC(=O)CN. The Morgan fingerprint density at radius 1 is 1.09 bits per heavy atom. The van der Waals surface area contributed by atoms with Crippen molar-refractivity contribution in [3.05, 3.63) is 0 Å². The first-order valence-corrected chi connectivity index (χ1v) is 2.92. The third-order valence-electron chi connectivity index (χ3n) is 0.762. The van der Waals surface area contributed by atoms with Gasteiger partial charge in [0, 0.05) is 0 Å². The number of nitrogens with two attached hydrogens (primary N) is 2. The van der Waals surface area contributed by atoms with Gasteiger partial charge in [-0.05, 0) is 0 Å². The smallest absolute Gasteiger partial charge is 0.345 e. The number of rotatable bonds is 4. The lowest BCUT2D eigenvalue weighted by atomic mass is 10.6. The highest BCUT2D eigenvalue weighted by Gasteiger charge is 2.04. The molecule has 0 aromatic carbocycles. The van der Waals surface area contributed by atoms with Gasteiger partial charge in [0.1, 0.15) is 6.73 Å². The zero-order chi connectivity index (χ0) is 8.69. The minimum atomic E-state index is -0.686. The molecule has 0 unspecified atom stereocenters. The van der Waals surface area contributed by atoms with Crippen LogP contribution < -0.4 is 11.5 Å². The van der Waals surface area contributed by atoms with E-state index in [-0.39, 0.29) is 13.3 Å². The van der Waals surface area contributed by atoms with E-state index in [1.807, 2.05) is 0 Å². The van der Waals surface area contributed by atoms with Gasteiger partial charge >= 0.3 is 11.9 Å². The average Bonchev–Trinajstić information content (AvgIpc) is 2.01. The Hall–Kier alpha value is -1.14. The molecule has 0 aromatic rings. The van der Waals surface area contributed by atoms with Crippen molar-refractivity contribution in [2.24, 2.45) is 11.5 Å². The second-order valence-corrected chi connectivity index (χ2v) is 1.55. The Kier molecular flexibility index (Phi) is 5.05. The van der Waals surface area contributed by atoms with Gasteiger partial charge in [-0.25, -0.2) is 4.79 Å². The Labute approximate surface area is 63.4 Å². The van der Waals surface area contributed by atoms with E-state index in [0.717, 1.165) is 0 Å². The van der Waals surface area contributed by atoms with E-state index in [4.69, 9.17) is 11.5 Å². The van der Waals surface area contributed by atoms with E-state index in [1.165, 1.54) is 0 Å². The molecule has 0 fully saturated rings. The molecular weight excluding hydrogens is 152 g/mol. The summed E-state index contributed by atoms with van der Waals surface area (Å²) >= 11 is 0. The molecule has 0 spiro atoms. The monoisotopic (exact) mass is 162 g/mol. The third-order valence-corrected chi connectivity index (χ3v) is 0.762. The Balaban J connectivity index is 3.38. The molecule has 0 saturated carbocycles. The molecule has 11 heavy (non-hydrogen) atoms. The van der Waals surface area contributed by atoms with Crippen molar-refractivity contribution >= 4 is 11.9 Å². The molecule has 0 amide bonds. The summed E-state index contributed by atoms with van der Waals surface area (Å²) in [5.41, 5.74) is 9.74. The number of hydrogen-bond donors (Lipinski definition) is 2. The van der Waals surface area contributed by atoms with Gasteiger partial charge in [-0.1, -0.05) is 0 Å². The van der Waals surface area contributed by atoms with Crippen LogP contribution in [0.1, 0.15) is 0 Å². The van der Waals surface area contributed by atoms with Crippen LogP contribution in [0, 0.1) is 0 Å². The maximum Gasteiger partial charge on any atom is 0.345 e. The number of esters is 2. The number of carbonyl (C=O) groups excluding carboxylic acids is 2. The maximum atomic E-state index is 10.4. The molecule has 0 aliphatic carbocycles. The summed E-state index contributed by atoms with van der Waals surface area (Å²) < 4.78 is 8.57. The van der Waals surface area contributed by atoms with Crippen molar-refractivity contribution in [1.29, 1.82) is 0 Å². The van der Waals surface area contributed by atoms with Crippen LogP contribution in [-0.2, 0) is 19.1 Å². The minimum Gasteiger partial charge on any atom is -0.453 e. The maximum absolute atomic E-state index is 10.4.